The van der Waals surface area contributed by atoms with Crippen molar-refractivity contribution in [3.63, 3.8) is 0 Å². The van der Waals surface area contributed by atoms with E-state index in [0.717, 1.165) is 33.7 Å². The van der Waals surface area contributed by atoms with Gasteiger partial charge in [-0.3, -0.25) is 4.79 Å². The fourth-order valence-electron chi connectivity index (χ4n) is 4.64. The maximum Gasteiger partial charge on any atom is 0.220 e. The Balaban J connectivity index is 1.48. The molecule has 180 valence electrons. The Bertz CT molecular complexity index is 1500. The molecule has 4 nitrogen and oxygen atoms in total. The normalized spacial score (nSPS) is 12.0. The predicted octanol–water partition coefficient (Wildman–Crippen LogP) is 7.10. The molecule has 0 fully saturated rings. The summed E-state index contributed by atoms with van der Waals surface area (Å²) >= 11 is 0. The van der Waals surface area contributed by atoms with Crippen LogP contribution in [0.5, 0.6) is 0 Å². The molecule has 5 aromatic rings. The van der Waals surface area contributed by atoms with Gasteiger partial charge in [-0.1, -0.05) is 90.0 Å². The number of imidazole rings is 1. The van der Waals surface area contributed by atoms with Crippen molar-refractivity contribution in [3.05, 3.63) is 120 Å². The van der Waals surface area contributed by atoms with Crippen LogP contribution in [0.3, 0.4) is 0 Å². The lowest BCUT2D eigenvalue weighted by Gasteiger charge is -2.14. The van der Waals surface area contributed by atoms with Crippen LogP contribution in [-0.2, 0) is 11.2 Å². The van der Waals surface area contributed by atoms with E-state index in [1.54, 1.807) is 0 Å². The minimum Gasteiger partial charge on any atom is -0.350 e. The van der Waals surface area contributed by atoms with E-state index in [4.69, 9.17) is 4.98 Å². The first-order chi connectivity index (χ1) is 17.5. The Morgan fingerprint density at radius 2 is 1.58 bits per heavy atom. The van der Waals surface area contributed by atoms with Crippen molar-refractivity contribution in [1.82, 2.24) is 14.7 Å². The average Bonchev–Trinajstić information content (AvgIpc) is 3.26. The molecule has 0 spiro atoms. The Labute approximate surface area is 212 Å². The van der Waals surface area contributed by atoms with E-state index in [-0.39, 0.29) is 11.9 Å². The maximum atomic E-state index is 12.9. The number of nitrogens with one attached hydrogen (secondary N) is 1. The molecule has 2 aromatic heterocycles. The molecule has 1 atom stereocenters. The molecule has 36 heavy (non-hydrogen) atoms. The van der Waals surface area contributed by atoms with Crippen molar-refractivity contribution in [1.29, 1.82) is 0 Å². The number of fused-ring (bicyclic) bond motifs is 1. The van der Waals surface area contributed by atoms with Crippen LogP contribution in [0.25, 0.3) is 28.0 Å². The zero-order chi connectivity index (χ0) is 25.1. The van der Waals surface area contributed by atoms with Crippen LogP contribution in [0, 0.1) is 13.8 Å². The number of rotatable bonds is 7. The van der Waals surface area contributed by atoms with Crippen molar-refractivity contribution in [3.8, 4) is 22.4 Å². The van der Waals surface area contributed by atoms with Gasteiger partial charge in [0.05, 0.1) is 17.4 Å². The zero-order valence-electron chi connectivity index (χ0n) is 21.0. The van der Waals surface area contributed by atoms with Crippen LogP contribution in [0.2, 0.25) is 0 Å². The highest BCUT2D eigenvalue weighted by Crippen LogP contribution is 2.29. The zero-order valence-corrected chi connectivity index (χ0v) is 21.0. The van der Waals surface area contributed by atoms with E-state index in [0.29, 0.717) is 12.8 Å². The minimum atomic E-state index is -0.0367. The molecule has 3 aromatic carbocycles. The number of nitrogens with zero attached hydrogens (tertiary/aromatic N) is 2. The molecule has 0 aliphatic carbocycles. The first kappa shape index (κ1) is 23.6. The number of amides is 1. The van der Waals surface area contributed by atoms with E-state index in [9.17, 15) is 4.79 Å². The Morgan fingerprint density at radius 1 is 0.833 bits per heavy atom. The van der Waals surface area contributed by atoms with Gasteiger partial charge in [0, 0.05) is 18.2 Å². The molecule has 0 aliphatic rings. The predicted molar refractivity (Wildman–Crippen MR) is 147 cm³/mol. The molecule has 1 N–H and O–H groups in total. The summed E-state index contributed by atoms with van der Waals surface area (Å²) in [6, 6.07) is 31.2. The second-order valence-electron chi connectivity index (χ2n) is 9.49. The minimum absolute atomic E-state index is 0.0333. The summed E-state index contributed by atoms with van der Waals surface area (Å²) in [5.74, 6) is 0.0333. The standard InChI is InChI=1S/C32H31N3O/c1-22-12-14-26(15-13-22)32-29(17-19-31(36)33-24(3)25-9-5-4-6-10-25)35-21-28(16-18-30(35)34-32)27-11-7-8-23(2)20-27/h4-16,18,20-21,24H,17,19H2,1-3H3,(H,33,36). The summed E-state index contributed by atoms with van der Waals surface area (Å²) < 4.78 is 2.15. The summed E-state index contributed by atoms with van der Waals surface area (Å²) in [4.78, 5) is 17.9. The average molecular weight is 474 g/mol. The van der Waals surface area contributed by atoms with Crippen molar-refractivity contribution in [2.75, 3.05) is 0 Å². The van der Waals surface area contributed by atoms with E-state index in [1.165, 1.54) is 16.7 Å². The van der Waals surface area contributed by atoms with Gasteiger partial charge < -0.3 is 9.72 Å². The monoisotopic (exact) mass is 473 g/mol. The van der Waals surface area contributed by atoms with Crippen LogP contribution in [0.15, 0.2) is 97.2 Å². The number of carbonyl (C=O) groups excluding carboxylic acids is 1. The Kier molecular flexibility index (Phi) is 6.68. The third kappa shape index (κ3) is 5.08. The first-order valence-corrected chi connectivity index (χ1v) is 12.5. The highest BCUT2D eigenvalue weighted by molar-refractivity contribution is 5.77. The van der Waals surface area contributed by atoms with Gasteiger partial charge in [0.1, 0.15) is 5.65 Å². The topological polar surface area (TPSA) is 46.4 Å². The van der Waals surface area contributed by atoms with Gasteiger partial charge in [0.25, 0.3) is 0 Å². The maximum absolute atomic E-state index is 12.9. The van der Waals surface area contributed by atoms with Gasteiger partial charge in [0.2, 0.25) is 5.91 Å². The molecule has 5 rings (SSSR count). The van der Waals surface area contributed by atoms with Crippen LogP contribution in [0.4, 0.5) is 0 Å². The summed E-state index contributed by atoms with van der Waals surface area (Å²) in [6.45, 7) is 6.21. The largest absolute Gasteiger partial charge is 0.350 e. The number of aryl methyl sites for hydroxylation is 3. The summed E-state index contributed by atoms with van der Waals surface area (Å²) in [7, 11) is 0. The van der Waals surface area contributed by atoms with Gasteiger partial charge >= 0.3 is 0 Å². The highest BCUT2D eigenvalue weighted by atomic mass is 16.1. The fraction of sp³-hybridized carbons (Fsp3) is 0.188. The van der Waals surface area contributed by atoms with Crippen LogP contribution in [0.1, 0.15) is 41.8 Å². The molecule has 0 saturated carbocycles. The van der Waals surface area contributed by atoms with Crippen molar-refractivity contribution >= 4 is 11.6 Å². The van der Waals surface area contributed by atoms with Crippen LogP contribution in [-0.4, -0.2) is 15.3 Å². The Morgan fingerprint density at radius 3 is 2.33 bits per heavy atom. The van der Waals surface area contributed by atoms with Crippen LogP contribution >= 0.6 is 0 Å². The van der Waals surface area contributed by atoms with Crippen molar-refractivity contribution in [2.24, 2.45) is 0 Å². The summed E-state index contributed by atoms with van der Waals surface area (Å²) in [6.07, 6.45) is 3.13. The number of carbonyl (C=O) groups is 1. The van der Waals surface area contributed by atoms with Crippen LogP contribution < -0.4 is 5.32 Å². The molecular weight excluding hydrogens is 442 g/mol. The van der Waals surface area contributed by atoms with Gasteiger partial charge in [0.15, 0.2) is 0 Å². The van der Waals surface area contributed by atoms with E-state index in [2.05, 4.69) is 90.4 Å². The van der Waals surface area contributed by atoms with E-state index < -0.39 is 0 Å². The third-order valence-corrected chi connectivity index (χ3v) is 6.66. The number of pyridine rings is 1. The molecule has 0 bridgehead atoms. The Hall–Kier alpha value is -4.18. The lowest BCUT2D eigenvalue weighted by molar-refractivity contribution is -0.121. The second kappa shape index (κ2) is 10.2. The molecule has 0 aliphatic heterocycles. The summed E-state index contributed by atoms with van der Waals surface area (Å²) in [5, 5.41) is 3.15. The lowest BCUT2D eigenvalue weighted by atomic mass is 10.0. The van der Waals surface area contributed by atoms with E-state index >= 15 is 0 Å². The molecule has 1 unspecified atom stereocenters. The van der Waals surface area contributed by atoms with Crippen molar-refractivity contribution < 1.29 is 4.79 Å². The highest BCUT2D eigenvalue weighted by Gasteiger charge is 2.17. The molecule has 2 heterocycles. The molecule has 0 radical (unpaired) electrons. The second-order valence-corrected chi connectivity index (χ2v) is 9.49. The van der Waals surface area contributed by atoms with E-state index in [1.807, 2.05) is 37.3 Å². The molecule has 0 saturated heterocycles. The lowest BCUT2D eigenvalue weighted by Crippen LogP contribution is -2.26. The third-order valence-electron chi connectivity index (χ3n) is 6.66. The smallest absolute Gasteiger partial charge is 0.220 e. The van der Waals surface area contributed by atoms with Crippen molar-refractivity contribution in [2.45, 2.75) is 39.7 Å². The fourth-order valence-corrected chi connectivity index (χ4v) is 4.64. The quantitative estimate of drug-likeness (QED) is 0.274. The molecule has 1 amide bonds. The number of benzene rings is 3. The molecule has 4 heteroatoms. The first-order valence-electron chi connectivity index (χ1n) is 12.5. The number of hydrogen-bond donors (Lipinski definition) is 1. The molecular formula is C32H31N3O. The van der Waals surface area contributed by atoms with Gasteiger partial charge in [-0.25, -0.2) is 4.98 Å². The van der Waals surface area contributed by atoms with Gasteiger partial charge in [-0.2, -0.15) is 0 Å². The van der Waals surface area contributed by atoms with Gasteiger partial charge in [-0.15, -0.1) is 0 Å². The van der Waals surface area contributed by atoms with Gasteiger partial charge in [-0.05, 0) is 56.0 Å². The number of hydrogen-bond acceptors (Lipinski definition) is 2. The number of aromatic nitrogens is 2. The SMILES string of the molecule is Cc1ccc(-c2nc3ccc(-c4cccc(C)c4)cn3c2CCC(=O)NC(C)c2ccccc2)cc1. The summed E-state index contributed by atoms with van der Waals surface area (Å²) in [5.41, 5.74) is 9.76.